The molecule has 0 fully saturated rings. The monoisotopic (exact) mass is 532 g/mol. The van der Waals surface area contributed by atoms with Crippen molar-refractivity contribution in [1.29, 1.82) is 0 Å². The summed E-state index contributed by atoms with van der Waals surface area (Å²) in [5, 5.41) is 17.6. The number of anilines is 2. The van der Waals surface area contributed by atoms with Crippen molar-refractivity contribution >= 4 is 17.2 Å². The molecule has 3 aromatic rings. The number of hydrogen-bond donors (Lipinski definition) is 3. The van der Waals surface area contributed by atoms with Crippen molar-refractivity contribution in [2.24, 2.45) is 0 Å². The number of methoxy groups -OCH3 is 5. The van der Waals surface area contributed by atoms with Crippen LogP contribution in [0.25, 0.3) is 0 Å². The lowest BCUT2D eigenvalue weighted by atomic mass is 9.78. The quantitative estimate of drug-likeness (QED) is 0.368. The number of rotatable bonds is 7. The topological polar surface area (TPSA) is 108 Å². The number of benzene rings is 3. The van der Waals surface area contributed by atoms with Gasteiger partial charge in [0.15, 0.2) is 28.8 Å². The number of ketones is 1. The number of hydrogen-bond acceptors (Lipinski definition) is 9. The Morgan fingerprint density at radius 2 is 1.31 bits per heavy atom. The normalized spacial score (nSPS) is 18.1. The molecule has 0 saturated heterocycles. The van der Waals surface area contributed by atoms with Crippen LogP contribution in [0.1, 0.15) is 35.9 Å². The molecule has 1 aliphatic heterocycles. The van der Waals surface area contributed by atoms with Crippen LogP contribution in [-0.4, -0.2) is 46.4 Å². The molecule has 9 heteroatoms. The van der Waals surface area contributed by atoms with Crippen molar-refractivity contribution in [1.82, 2.24) is 0 Å². The van der Waals surface area contributed by atoms with E-state index in [2.05, 4.69) is 10.6 Å². The minimum absolute atomic E-state index is 0.00110. The van der Waals surface area contributed by atoms with Crippen LogP contribution in [0.2, 0.25) is 0 Å². The molecule has 0 saturated carbocycles. The fourth-order valence-electron chi connectivity index (χ4n) is 5.40. The molecule has 2 aliphatic rings. The van der Waals surface area contributed by atoms with Gasteiger partial charge in [-0.2, -0.15) is 0 Å². The predicted molar refractivity (Wildman–Crippen MR) is 148 cm³/mol. The molecule has 0 bridgehead atoms. The molecule has 3 N–H and O–H groups in total. The van der Waals surface area contributed by atoms with Crippen LogP contribution < -0.4 is 34.3 Å². The fourth-order valence-corrected chi connectivity index (χ4v) is 5.40. The van der Waals surface area contributed by atoms with Crippen molar-refractivity contribution in [2.75, 3.05) is 46.2 Å². The van der Waals surface area contributed by atoms with Gasteiger partial charge in [-0.05, 0) is 59.9 Å². The van der Waals surface area contributed by atoms with Crippen LogP contribution in [0, 0.1) is 0 Å². The number of ether oxygens (including phenoxy) is 5. The molecule has 3 aromatic carbocycles. The van der Waals surface area contributed by atoms with Gasteiger partial charge in [0.1, 0.15) is 0 Å². The van der Waals surface area contributed by atoms with E-state index in [4.69, 9.17) is 23.7 Å². The smallest absolute Gasteiger partial charge is 0.203 e. The molecular formula is C30H32N2O7. The second-order valence-electron chi connectivity index (χ2n) is 9.40. The Kier molecular flexibility index (Phi) is 7.15. The first-order chi connectivity index (χ1) is 18.9. The van der Waals surface area contributed by atoms with E-state index in [1.807, 2.05) is 36.4 Å². The second kappa shape index (κ2) is 10.7. The van der Waals surface area contributed by atoms with E-state index in [9.17, 15) is 9.90 Å². The summed E-state index contributed by atoms with van der Waals surface area (Å²) in [4.78, 5) is 14.0. The van der Waals surface area contributed by atoms with E-state index in [0.29, 0.717) is 35.7 Å². The maximum absolute atomic E-state index is 14.0. The number of Topliss-reactive ketones (excluding diaryl/α,β-unsaturated/α-hetero) is 1. The van der Waals surface area contributed by atoms with Gasteiger partial charge in [-0.25, -0.2) is 0 Å². The molecule has 0 radical (unpaired) electrons. The maximum atomic E-state index is 14.0. The van der Waals surface area contributed by atoms with Crippen molar-refractivity contribution in [2.45, 2.75) is 24.8 Å². The van der Waals surface area contributed by atoms with Gasteiger partial charge in [0, 0.05) is 17.7 Å². The Morgan fingerprint density at radius 3 is 1.87 bits per heavy atom. The molecule has 5 rings (SSSR count). The van der Waals surface area contributed by atoms with Crippen molar-refractivity contribution in [3.05, 3.63) is 70.9 Å². The predicted octanol–water partition coefficient (Wildman–Crippen LogP) is 5.41. The maximum Gasteiger partial charge on any atom is 0.203 e. The third-order valence-electron chi connectivity index (χ3n) is 7.30. The summed E-state index contributed by atoms with van der Waals surface area (Å²) in [6.45, 7) is 0. The van der Waals surface area contributed by atoms with Crippen LogP contribution in [0.15, 0.2) is 59.8 Å². The number of fused-ring (bicyclic) bond motifs is 1. The van der Waals surface area contributed by atoms with Gasteiger partial charge >= 0.3 is 0 Å². The molecule has 1 heterocycles. The van der Waals surface area contributed by atoms with Crippen molar-refractivity contribution in [3.8, 4) is 34.5 Å². The number of carbonyl (C=O) groups is 1. The zero-order valence-electron chi connectivity index (χ0n) is 22.6. The first-order valence-corrected chi connectivity index (χ1v) is 12.6. The summed E-state index contributed by atoms with van der Waals surface area (Å²) in [6.07, 6.45) is 0.874. The highest BCUT2D eigenvalue weighted by Crippen LogP contribution is 2.48. The molecule has 0 aromatic heterocycles. The van der Waals surface area contributed by atoms with E-state index in [-0.39, 0.29) is 28.9 Å². The standard InChI is InChI=1S/C30H32N2O7/c1-35-23-14-18(15-24(36-2)29(23)34)28-27-21(31-19-8-6-7-9-20(19)32-28)10-16(11-22(27)33)17-12-25(37-3)30(39-5)26(13-17)38-4/h6-9,12-16,28,31-32,34H,10-11H2,1-5H3/t16-,28+/m0/s1. The molecule has 9 nitrogen and oxygen atoms in total. The summed E-state index contributed by atoms with van der Waals surface area (Å²) >= 11 is 0. The molecular weight excluding hydrogens is 500 g/mol. The fraction of sp³-hybridized carbons (Fsp3) is 0.300. The minimum Gasteiger partial charge on any atom is -0.502 e. The van der Waals surface area contributed by atoms with Gasteiger partial charge in [-0.15, -0.1) is 0 Å². The SMILES string of the molecule is COc1cc([C@H]2Nc3ccccc3NC3=C2C(=O)C[C@@H](c2cc(OC)c(OC)c(OC)c2)C3)cc(OC)c1O. The summed E-state index contributed by atoms with van der Waals surface area (Å²) in [7, 11) is 7.68. The Bertz CT molecular complexity index is 1400. The van der Waals surface area contributed by atoms with Crippen LogP contribution in [0.3, 0.4) is 0 Å². The average molecular weight is 533 g/mol. The Morgan fingerprint density at radius 1 is 0.744 bits per heavy atom. The number of aromatic hydroxyl groups is 1. The highest BCUT2D eigenvalue weighted by Gasteiger charge is 2.37. The van der Waals surface area contributed by atoms with E-state index in [1.165, 1.54) is 14.2 Å². The van der Waals surface area contributed by atoms with Crippen LogP contribution in [-0.2, 0) is 4.79 Å². The van der Waals surface area contributed by atoms with E-state index >= 15 is 0 Å². The van der Waals surface area contributed by atoms with E-state index < -0.39 is 6.04 Å². The molecule has 39 heavy (non-hydrogen) atoms. The number of allylic oxidation sites excluding steroid dienone is 1. The number of nitrogens with one attached hydrogen (secondary N) is 2. The molecule has 0 spiro atoms. The lowest BCUT2D eigenvalue weighted by Gasteiger charge is -2.30. The number of phenols is 1. The average Bonchev–Trinajstić information content (AvgIpc) is 3.13. The Hall–Kier alpha value is -4.53. The van der Waals surface area contributed by atoms with Gasteiger partial charge in [0.25, 0.3) is 0 Å². The summed E-state index contributed by atoms with van der Waals surface area (Å²) < 4.78 is 27.4. The van der Waals surface area contributed by atoms with E-state index in [0.717, 1.165) is 28.2 Å². The first-order valence-electron chi connectivity index (χ1n) is 12.6. The molecule has 204 valence electrons. The largest absolute Gasteiger partial charge is 0.502 e. The van der Waals surface area contributed by atoms with Gasteiger partial charge in [-0.1, -0.05) is 12.1 Å². The van der Waals surface area contributed by atoms with Gasteiger partial charge in [0.2, 0.25) is 11.5 Å². The number of carbonyl (C=O) groups excluding carboxylic acids is 1. The lowest BCUT2D eigenvalue weighted by Crippen LogP contribution is -2.27. The zero-order chi connectivity index (χ0) is 27.7. The zero-order valence-corrected chi connectivity index (χ0v) is 22.6. The van der Waals surface area contributed by atoms with Gasteiger partial charge in [0.05, 0.1) is 53.0 Å². The van der Waals surface area contributed by atoms with Crippen molar-refractivity contribution in [3.63, 3.8) is 0 Å². The lowest BCUT2D eigenvalue weighted by molar-refractivity contribution is -0.116. The first kappa shape index (κ1) is 26.1. The molecule has 1 aliphatic carbocycles. The van der Waals surface area contributed by atoms with Gasteiger partial charge < -0.3 is 39.4 Å². The number of phenolic OH excluding ortho intramolecular Hbond substituents is 1. The summed E-state index contributed by atoms with van der Waals surface area (Å²) in [5.74, 6) is 1.90. The van der Waals surface area contributed by atoms with Gasteiger partial charge in [-0.3, -0.25) is 4.79 Å². The van der Waals surface area contributed by atoms with Crippen molar-refractivity contribution < 1.29 is 33.6 Å². The third kappa shape index (κ3) is 4.65. The highest BCUT2D eigenvalue weighted by atomic mass is 16.5. The third-order valence-corrected chi connectivity index (χ3v) is 7.30. The second-order valence-corrected chi connectivity index (χ2v) is 9.40. The Balaban J connectivity index is 1.63. The van der Waals surface area contributed by atoms with Crippen LogP contribution in [0.5, 0.6) is 34.5 Å². The highest BCUT2D eigenvalue weighted by molar-refractivity contribution is 6.01. The summed E-state index contributed by atoms with van der Waals surface area (Å²) in [5.41, 5.74) is 4.81. The number of para-hydroxylation sites is 2. The minimum atomic E-state index is -0.507. The molecule has 0 amide bonds. The summed E-state index contributed by atoms with van der Waals surface area (Å²) in [6, 6.07) is 14.6. The Labute approximate surface area is 227 Å². The van der Waals surface area contributed by atoms with Crippen LogP contribution >= 0.6 is 0 Å². The molecule has 2 atom stereocenters. The van der Waals surface area contributed by atoms with Crippen LogP contribution in [0.4, 0.5) is 11.4 Å². The van der Waals surface area contributed by atoms with E-state index in [1.54, 1.807) is 33.5 Å². The molecule has 0 unspecified atom stereocenters.